The Kier molecular flexibility index (Phi) is 25.9. The molecule has 0 aliphatic rings. The van der Waals surface area contributed by atoms with Crippen LogP contribution in [-0.4, -0.2) is 48.3 Å². The molecule has 18 aromatic carbocycles. The molecule has 0 atom stereocenters. The SMILES string of the molecule is Brc1ccccc1N(c1cccc2c1sc1ccccc12)c1ccc(-c2ccccc2)c2oc3ccccc3c12.C.CC(C)(O)C(C)(C)O.CI.CI.[B]c1cccc(-n2c3ccccc3c3ccccc32)c1.c1ccc(-c2ccc(N(c3ccccc3-c3cccc(-n4c5ccccc5c5ccccc54)c3)c3cccc4c3sc3ccccc34)c3c2oc2ccccc23)cc1. The second-order valence-electron chi connectivity index (χ2n) is 32.7. The number of thiophene rings is 2. The monoisotopic (exact) mass is 2020 g/mol. The summed E-state index contributed by atoms with van der Waals surface area (Å²) in [6, 6.07) is 146. The molecule has 6 heterocycles. The second-order valence-corrected chi connectivity index (χ2v) is 35.7. The molecule has 0 fully saturated rings. The molecule has 24 aromatic rings. The fourth-order valence-corrected chi connectivity index (χ4v) is 20.6. The van der Waals surface area contributed by atoms with Gasteiger partial charge in [0.15, 0.2) is 0 Å². The number of furan rings is 2. The van der Waals surface area contributed by atoms with E-state index in [0.717, 1.165) is 133 Å². The zero-order valence-corrected chi connectivity index (χ0v) is 79.8. The van der Waals surface area contributed by atoms with Crippen LogP contribution in [0.2, 0.25) is 0 Å². The van der Waals surface area contributed by atoms with Crippen molar-refractivity contribution in [2.24, 2.45) is 0 Å². The number of aromatic nitrogens is 2. The molecule has 0 aliphatic heterocycles. The second kappa shape index (κ2) is 38.3. The maximum absolute atomic E-state index is 9.10. The maximum atomic E-state index is 9.10. The van der Waals surface area contributed by atoms with Gasteiger partial charge >= 0.3 is 0 Å². The van der Waals surface area contributed by atoms with Crippen LogP contribution in [0, 0.1) is 0 Å². The van der Waals surface area contributed by atoms with E-state index < -0.39 is 11.2 Å². The van der Waals surface area contributed by atoms with E-state index in [4.69, 9.17) is 26.9 Å². The smallest absolute Gasteiger partial charge is 0.145 e. The van der Waals surface area contributed by atoms with Crippen molar-refractivity contribution in [3.05, 3.63) is 417 Å². The lowest BCUT2D eigenvalue weighted by molar-refractivity contribution is -0.107. The third kappa shape index (κ3) is 16.8. The predicted molar refractivity (Wildman–Crippen MR) is 586 cm³/mol. The average molecular weight is 2030 g/mol. The van der Waals surface area contributed by atoms with Crippen molar-refractivity contribution in [3.8, 4) is 44.8 Å². The van der Waals surface area contributed by atoms with E-state index >= 15 is 0 Å². The Labute approximate surface area is 807 Å². The number of alkyl halides is 2. The molecule has 0 bridgehead atoms. The van der Waals surface area contributed by atoms with Crippen molar-refractivity contribution in [1.29, 1.82) is 0 Å². The number of rotatable bonds is 12. The molecule has 0 saturated carbocycles. The lowest BCUT2D eigenvalue weighted by atomic mass is 9.90. The van der Waals surface area contributed by atoms with E-state index in [2.05, 4.69) is 462 Å². The third-order valence-electron chi connectivity index (χ3n) is 24.3. The molecule has 6 aromatic heterocycles. The summed E-state index contributed by atoms with van der Waals surface area (Å²) in [6.45, 7) is 6.31. The van der Waals surface area contributed by atoms with E-state index in [0.29, 0.717) is 0 Å². The van der Waals surface area contributed by atoms with Crippen LogP contribution in [0.5, 0.6) is 0 Å². The lowest BCUT2D eigenvalue weighted by Gasteiger charge is -2.31. The van der Waals surface area contributed by atoms with Crippen molar-refractivity contribution in [2.75, 3.05) is 19.7 Å². The summed E-state index contributed by atoms with van der Waals surface area (Å²) in [5.41, 5.74) is 22.6. The van der Waals surface area contributed by atoms with Gasteiger partial charge in [0.2, 0.25) is 0 Å². The Morgan fingerprint density at radius 2 is 0.626 bits per heavy atom. The van der Waals surface area contributed by atoms with Gasteiger partial charge in [0, 0.05) is 95.8 Å². The quantitative estimate of drug-likeness (QED) is 0.0720. The van der Waals surface area contributed by atoms with Crippen LogP contribution in [0.1, 0.15) is 35.1 Å². The molecule has 2 radical (unpaired) electrons. The van der Waals surface area contributed by atoms with E-state index in [1.807, 2.05) is 62.9 Å². The first kappa shape index (κ1) is 88.8. The zero-order chi connectivity index (χ0) is 89.3. The van der Waals surface area contributed by atoms with Gasteiger partial charge in [-0.2, -0.15) is 0 Å². The van der Waals surface area contributed by atoms with Gasteiger partial charge in [-0.1, -0.05) is 343 Å². The van der Waals surface area contributed by atoms with Crippen molar-refractivity contribution in [2.45, 2.75) is 46.3 Å². The number of nitrogens with zero attached hydrogens (tertiary/aromatic N) is 4. The van der Waals surface area contributed by atoms with Gasteiger partial charge in [-0.15, -0.1) is 22.7 Å². The zero-order valence-electron chi connectivity index (χ0n) is 72.3. The normalized spacial score (nSPS) is 11.4. The first-order valence-corrected chi connectivity index (χ1v) is 49.8. The Hall–Kier alpha value is -12.9. The summed E-state index contributed by atoms with van der Waals surface area (Å²) in [5.74, 6) is 0. The van der Waals surface area contributed by atoms with Crippen LogP contribution in [0.3, 0.4) is 0 Å². The molecular weight excluding hydrogens is 1930 g/mol. The Morgan fingerprint density at radius 3 is 1.06 bits per heavy atom. The van der Waals surface area contributed by atoms with Gasteiger partial charge in [-0.25, -0.2) is 0 Å². The van der Waals surface area contributed by atoms with Crippen LogP contribution >= 0.6 is 83.8 Å². The minimum atomic E-state index is -1.01. The number of halogens is 3. The fraction of sp³-hybridized carbons (Fsp3) is 0.0769. The summed E-state index contributed by atoms with van der Waals surface area (Å²) in [5, 5.41) is 32.7. The van der Waals surface area contributed by atoms with Crippen LogP contribution in [-0.2, 0) is 0 Å². The number of aliphatic hydroxyl groups is 2. The van der Waals surface area contributed by atoms with Crippen molar-refractivity contribution < 1.29 is 19.0 Å². The largest absolute Gasteiger partial charge is 0.455 e. The summed E-state index contributed by atoms with van der Waals surface area (Å²) < 4.78 is 24.2. The first-order chi connectivity index (χ1) is 63.7. The molecular formula is C117H92BBrI2N4O4S2. The highest BCUT2D eigenvalue weighted by Gasteiger charge is 2.33. The average Bonchev–Trinajstić information content (AvgIpc) is 1.61. The van der Waals surface area contributed by atoms with E-state index in [1.165, 1.54) is 84.0 Å². The predicted octanol–water partition coefficient (Wildman–Crippen LogP) is 34.6. The molecule has 0 spiro atoms. The van der Waals surface area contributed by atoms with Gasteiger partial charge < -0.3 is 38.0 Å². The highest BCUT2D eigenvalue weighted by Crippen LogP contribution is 2.54. The number of hydrogen-bond donors (Lipinski definition) is 2. The van der Waals surface area contributed by atoms with Crippen LogP contribution in [0.25, 0.3) is 173 Å². The first-order valence-electron chi connectivity index (χ1n) is 43.0. The Balaban J connectivity index is 0.000000136. The van der Waals surface area contributed by atoms with Gasteiger partial charge in [-0.05, 0) is 198 Å². The van der Waals surface area contributed by atoms with Crippen molar-refractivity contribution in [3.63, 3.8) is 0 Å². The van der Waals surface area contributed by atoms with E-state index in [-0.39, 0.29) is 7.43 Å². The molecule has 131 heavy (non-hydrogen) atoms. The highest BCUT2D eigenvalue weighted by atomic mass is 127. The van der Waals surface area contributed by atoms with Crippen LogP contribution in [0.15, 0.2) is 426 Å². The molecule has 2 N–H and O–H groups in total. The van der Waals surface area contributed by atoms with E-state index in [1.54, 1.807) is 27.7 Å². The molecule has 640 valence electrons. The minimum Gasteiger partial charge on any atom is -0.455 e. The van der Waals surface area contributed by atoms with Crippen molar-refractivity contribution >= 4 is 259 Å². The molecule has 14 heteroatoms. The fourth-order valence-electron chi connectivity index (χ4n) is 17.7. The molecule has 24 rings (SSSR count). The van der Waals surface area contributed by atoms with Crippen LogP contribution in [0.4, 0.5) is 34.1 Å². The number of anilines is 6. The van der Waals surface area contributed by atoms with Gasteiger partial charge in [-0.3, -0.25) is 0 Å². The Bertz CT molecular complexity index is 8170. The number of hydrogen-bond acceptors (Lipinski definition) is 8. The minimum absolute atomic E-state index is 0. The molecule has 0 amide bonds. The Morgan fingerprint density at radius 1 is 0.298 bits per heavy atom. The molecule has 0 unspecified atom stereocenters. The van der Waals surface area contributed by atoms with Crippen LogP contribution < -0.4 is 15.3 Å². The topological polar surface area (TPSA) is 83.1 Å². The summed E-state index contributed by atoms with van der Waals surface area (Å²) >= 11 is 11.9. The molecule has 0 saturated heterocycles. The molecule has 8 nitrogen and oxygen atoms in total. The number of para-hydroxylation sites is 8. The standard InChI is InChI=1S/C54H34N2OS.C36H22BrNOS.C18H12BN.C6H14O2.2CH3I.CH4/c1-2-16-35(17-3-1)39-32-33-48(52-44-24-7-12-30-50(44)57-53(39)52)56(49-29-15-25-43-42-23-8-13-31-51(42)58-54(43)49)45-26-9-4-20-38(45)36-18-14-19-37(34-36)55-46-27-10-5-21-40(46)41-22-6-11-28-47(41)55;37-28-16-6-7-17-29(28)38(31-18-10-15-26-25-13-5-9-20-33(25)40-36(26)31)30-22-21-24(23-11-2-1-3-12-23)35-34(30)27-14-4-8-19-32(27)39-35;19-13-6-5-7-14(12-13)20-17-10-3-1-8-15(17)16-9-2-4-11-18(16)20;1-5(2,7)6(3,4)8;2*1-2;/h1-34H;1-22H;1-12H;7-8H,1-4H3;2*1H3;1H4. The summed E-state index contributed by atoms with van der Waals surface area (Å²) in [4.78, 5) is 8.82. The maximum Gasteiger partial charge on any atom is 0.145 e. The lowest BCUT2D eigenvalue weighted by Crippen LogP contribution is -2.44. The number of benzene rings is 18. The highest BCUT2D eigenvalue weighted by molar-refractivity contribution is 14.1. The van der Waals surface area contributed by atoms with Gasteiger partial charge in [0.25, 0.3) is 0 Å². The summed E-state index contributed by atoms with van der Waals surface area (Å²) in [6.07, 6.45) is 0. The molecule has 0 aliphatic carbocycles. The van der Waals surface area contributed by atoms with Gasteiger partial charge in [0.1, 0.15) is 30.2 Å². The van der Waals surface area contributed by atoms with Gasteiger partial charge in [0.05, 0.1) is 87.6 Å². The van der Waals surface area contributed by atoms with Crippen molar-refractivity contribution in [1.82, 2.24) is 9.13 Å². The summed E-state index contributed by atoms with van der Waals surface area (Å²) in [7, 11) is 5.94. The van der Waals surface area contributed by atoms with E-state index in [9.17, 15) is 0 Å². The number of fused-ring (bicyclic) bond motifs is 18. The third-order valence-corrected chi connectivity index (χ3v) is 27.4.